The lowest BCUT2D eigenvalue weighted by Crippen LogP contribution is -2.25. The first-order valence-corrected chi connectivity index (χ1v) is 7.52. The SMILES string of the molecule is CCN(CC)CCC(=O)c1ccc(OC)c2ccccc12. The summed E-state index contributed by atoms with van der Waals surface area (Å²) in [5, 5.41) is 1.97. The minimum Gasteiger partial charge on any atom is -0.496 e. The fourth-order valence-electron chi connectivity index (χ4n) is 2.63. The highest BCUT2D eigenvalue weighted by Crippen LogP contribution is 2.28. The third-order valence-corrected chi connectivity index (χ3v) is 3.95. The summed E-state index contributed by atoms with van der Waals surface area (Å²) < 4.78 is 5.38. The van der Waals surface area contributed by atoms with E-state index in [-0.39, 0.29) is 5.78 Å². The normalized spacial score (nSPS) is 11.0. The van der Waals surface area contributed by atoms with Gasteiger partial charge in [0, 0.05) is 23.9 Å². The molecule has 3 nitrogen and oxygen atoms in total. The van der Waals surface area contributed by atoms with Crippen molar-refractivity contribution in [2.75, 3.05) is 26.7 Å². The van der Waals surface area contributed by atoms with Crippen molar-refractivity contribution in [3.63, 3.8) is 0 Å². The Morgan fingerprint density at radius 2 is 1.71 bits per heavy atom. The van der Waals surface area contributed by atoms with Gasteiger partial charge in [0.15, 0.2) is 5.78 Å². The molecule has 3 heteroatoms. The van der Waals surface area contributed by atoms with Crippen LogP contribution in [0.1, 0.15) is 30.6 Å². The van der Waals surface area contributed by atoms with E-state index in [2.05, 4.69) is 18.7 Å². The summed E-state index contributed by atoms with van der Waals surface area (Å²) in [6.45, 7) is 7.01. The zero-order valence-corrected chi connectivity index (χ0v) is 13.1. The number of hydrogen-bond donors (Lipinski definition) is 0. The largest absolute Gasteiger partial charge is 0.496 e. The monoisotopic (exact) mass is 285 g/mol. The van der Waals surface area contributed by atoms with Crippen LogP contribution in [0.25, 0.3) is 10.8 Å². The molecule has 21 heavy (non-hydrogen) atoms. The highest BCUT2D eigenvalue weighted by Gasteiger charge is 2.13. The Hall–Kier alpha value is -1.87. The van der Waals surface area contributed by atoms with Crippen molar-refractivity contribution in [1.82, 2.24) is 4.90 Å². The molecule has 2 aromatic rings. The minimum atomic E-state index is 0.195. The van der Waals surface area contributed by atoms with Crippen molar-refractivity contribution in [2.24, 2.45) is 0 Å². The Balaban J connectivity index is 2.28. The van der Waals surface area contributed by atoms with E-state index in [4.69, 9.17) is 4.74 Å². The summed E-state index contributed by atoms with van der Waals surface area (Å²) in [4.78, 5) is 14.8. The molecule has 2 aromatic carbocycles. The number of ether oxygens (including phenoxy) is 1. The van der Waals surface area contributed by atoms with E-state index >= 15 is 0 Å². The number of Topliss-reactive ketones (excluding diaryl/α,β-unsaturated/α-hetero) is 1. The van der Waals surface area contributed by atoms with E-state index in [1.807, 2.05) is 36.4 Å². The van der Waals surface area contributed by atoms with Gasteiger partial charge in [0.05, 0.1) is 7.11 Å². The number of carbonyl (C=O) groups excluding carboxylic acids is 1. The van der Waals surface area contributed by atoms with Crippen molar-refractivity contribution < 1.29 is 9.53 Å². The number of methoxy groups -OCH3 is 1. The van der Waals surface area contributed by atoms with Gasteiger partial charge in [-0.05, 0) is 30.6 Å². The van der Waals surface area contributed by atoms with Crippen LogP contribution < -0.4 is 4.74 Å². The van der Waals surface area contributed by atoms with E-state index in [1.54, 1.807) is 7.11 Å². The maximum absolute atomic E-state index is 12.5. The van der Waals surface area contributed by atoms with E-state index in [1.165, 1.54) is 0 Å². The topological polar surface area (TPSA) is 29.5 Å². The molecule has 0 fully saturated rings. The molecule has 0 aliphatic carbocycles. The second-order valence-corrected chi connectivity index (χ2v) is 5.06. The molecule has 0 heterocycles. The molecule has 2 rings (SSSR count). The number of fused-ring (bicyclic) bond motifs is 1. The van der Waals surface area contributed by atoms with Gasteiger partial charge >= 0.3 is 0 Å². The number of hydrogen-bond acceptors (Lipinski definition) is 3. The number of rotatable bonds is 7. The molecule has 0 aromatic heterocycles. The van der Waals surface area contributed by atoms with E-state index < -0.39 is 0 Å². The molecule has 0 radical (unpaired) electrons. The summed E-state index contributed by atoms with van der Waals surface area (Å²) >= 11 is 0. The Bertz CT molecular complexity index is 618. The van der Waals surface area contributed by atoms with Crippen LogP contribution in [0.15, 0.2) is 36.4 Å². The molecule has 0 unspecified atom stereocenters. The fourth-order valence-corrected chi connectivity index (χ4v) is 2.63. The molecule has 0 spiro atoms. The van der Waals surface area contributed by atoms with Crippen molar-refractivity contribution in [3.8, 4) is 5.75 Å². The highest BCUT2D eigenvalue weighted by atomic mass is 16.5. The van der Waals surface area contributed by atoms with E-state index in [9.17, 15) is 4.79 Å². The lowest BCUT2D eigenvalue weighted by molar-refractivity contribution is 0.0968. The number of ketones is 1. The van der Waals surface area contributed by atoms with Gasteiger partial charge in [-0.3, -0.25) is 4.79 Å². The summed E-state index contributed by atoms with van der Waals surface area (Å²) in [5.41, 5.74) is 0.790. The molecular weight excluding hydrogens is 262 g/mol. The maximum atomic E-state index is 12.5. The van der Waals surface area contributed by atoms with Crippen LogP contribution >= 0.6 is 0 Å². The predicted octanol–water partition coefficient (Wildman–Crippen LogP) is 3.76. The second kappa shape index (κ2) is 7.23. The molecule has 112 valence electrons. The average molecular weight is 285 g/mol. The number of benzene rings is 2. The molecule has 0 bridgehead atoms. The third kappa shape index (κ3) is 3.42. The lowest BCUT2D eigenvalue weighted by atomic mass is 9.99. The molecule has 0 saturated heterocycles. The van der Waals surface area contributed by atoms with Gasteiger partial charge < -0.3 is 9.64 Å². The van der Waals surface area contributed by atoms with Crippen LogP contribution in [0.5, 0.6) is 5.75 Å². The van der Waals surface area contributed by atoms with Crippen LogP contribution in [0.3, 0.4) is 0 Å². The Morgan fingerprint density at radius 3 is 2.33 bits per heavy atom. The van der Waals surface area contributed by atoms with Gasteiger partial charge in [-0.2, -0.15) is 0 Å². The van der Waals surface area contributed by atoms with Gasteiger partial charge in [-0.15, -0.1) is 0 Å². The Kier molecular flexibility index (Phi) is 5.34. The van der Waals surface area contributed by atoms with Crippen molar-refractivity contribution in [3.05, 3.63) is 42.0 Å². The molecule has 0 saturated carbocycles. The molecule has 0 N–H and O–H groups in total. The van der Waals surface area contributed by atoms with Gasteiger partial charge in [-0.1, -0.05) is 38.1 Å². The van der Waals surface area contributed by atoms with E-state index in [0.29, 0.717) is 6.42 Å². The smallest absolute Gasteiger partial charge is 0.164 e. The van der Waals surface area contributed by atoms with E-state index in [0.717, 1.165) is 41.7 Å². The first-order valence-electron chi connectivity index (χ1n) is 7.52. The summed E-state index contributed by atoms with van der Waals surface area (Å²) in [7, 11) is 1.66. The number of nitrogens with zero attached hydrogens (tertiary/aromatic N) is 1. The molecule has 0 atom stereocenters. The molecule has 0 amide bonds. The molecule has 0 aliphatic rings. The second-order valence-electron chi connectivity index (χ2n) is 5.06. The predicted molar refractivity (Wildman–Crippen MR) is 87.2 cm³/mol. The van der Waals surface area contributed by atoms with Gasteiger partial charge in [0.2, 0.25) is 0 Å². The first-order chi connectivity index (χ1) is 10.2. The summed E-state index contributed by atoms with van der Waals surface area (Å²) in [5.74, 6) is 1.01. The van der Waals surface area contributed by atoms with Crippen LogP contribution in [-0.2, 0) is 0 Å². The number of carbonyl (C=O) groups is 1. The highest BCUT2D eigenvalue weighted by molar-refractivity contribution is 6.09. The third-order valence-electron chi connectivity index (χ3n) is 3.95. The zero-order chi connectivity index (χ0) is 15.2. The fraction of sp³-hybridized carbons (Fsp3) is 0.389. The molecule has 0 aliphatic heterocycles. The van der Waals surface area contributed by atoms with Gasteiger partial charge in [-0.25, -0.2) is 0 Å². The van der Waals surface area contributed by atoms with Crippen molar-refractivity contribution >= 4 is 16.6 Å². The average Bonchev–Trinajstić information content (AvgIpc) is 2.54. The lowest BCUT2D eigenvalue weighted by Gasteiger charge is -2.17. The Morgan fingerprint density at radius 1 is 1.05 bits per heavy atom. The van der Waals surface area contributed by atoms with Crippen molar-refractivity contribution in [2.45, 2.75) is 20.3 Å². The Labute approximate surface area is 126 Å². The minimum absolute atomic E-state index is 0.195. The van der Waals surface area contributed by atoms with Crippen LogP contribution in [0.4, 0.5) is 0 Å². The standard InChI is InChI=1S/C18H23NO2/c1-4-19(5-2)13-12-17(20)15-10-11-18(21-3)16-9-7-6-8-14(15)16/h6-11H,4-5,12-13H2,1-3H3. The zero-order valence-electron chi connectivity index (χ0n) is 13.1. The first kappa shape index (κ1) is 15.5. The van der Waals surface area contributed by atoms with Gasteiger partial charge in [0.1, 0.15) is 5.75 Å². The van der Waals surface area contributed by atoms with Gasteiger partial charge in [0.25, 0.3) is 0 Å². The van der Waals surface area contributed by atoms with Crippen LogP contribution in [-0.4, -0.2) is 37.4 Å². The quantitative estimate of drug-likeness (QED) is 0.725. The summed E-state index contributed by atoms with van der Waals surface area (Å²) in [6, 6.07) is 11.7. The molecular formula is C18H23NO2. The van der Waals surface area contributed by atoms with Crippen molar-refractivity contribution in [1.29, 1.82) is 0 Å². The van der Waals surface area contributed by atoms with Crippen LogP contribution in [0, 0.1) is 0 Å². The van der Waals surface area contributed by atoms with Crippen LogP contribution in [0.2, 0.25) is 0 Å². The maximum Gasteiger partial charge on any atom is 0.164 e. The summed E-state index contributed by atoms with van der Waals surface area (Å²) in [6.07, 6.45) is 0.554.